The van der Waals surface area contributed by atoms with Crippen LogP contribution in [0.4, 0.5) is 0 Å². The van der Waals surface area contributed by atoms with E-state index in [0.717, 1.165) is 38.9 Å². The molecule has 1 aliphatic rings. The average Bonchev–Trinajstić information content (AvgIpc) is 2.69. The fourth-order valence-electron chi connectivity index (χ4n) is 4.47. The number of hydrogen-bond donors (Lipinski definition) is 0. The van der Waals surface area contributed by atoms with E-state index in [9.17, 15) is 0 Å². The topological polar surface area (TPSA) is 7.60 Å². The molecule has 2 nitrogen and oxygen atoms in total. The highest BCUT2D eigenvalue weighted by atomic mass is 15.1. The van der Waals surface area contributed by atoms with Crippen LogP contribution in [0.1, 0.15) is 51.7 Å². The highest BCUT2D eigenvalue weighted by Crippen LogP contribution is 2.47. The Kier molecular flexibility index (Phi) is 6.26. The first-order valence-corrected chi connectivity index (χ1v) is 10.6. The van der Waals surface area contributed by atoms with Crippen LogP contribution in [-0.4, -0.2) is 24.5 Å². The normalized spacial score (nSPS) is 17.2. The predicted molar refractivity (Wildman–Crippen MR) is 119 cm³/mol. The summed E-state index contributed by atoms with van der Waals surface area (Å²) < 4.78 is 0. The molecule has 2 heteroatoms. The highest BCUT2D eigenvalue weighted by Gasteiger charge is 2.46. The molecule has 0 saturated carbocycles. The van der Waals surface area contributed by atoms with Gasteiger partial charge in [-0.15, -0.1) is 0 Å². The van der Waals surface area contributed by atoms with Gasteiger partial charge in [-0.1, -0.05) is 76.2 Å². The summed E-state index contributed by atoms with van der Waals surface area (Å²) in [4.78, 5) is 6.35. The van der Waals surface area contributed by atoms with Crippen molar-refractivity contribution in [2.45, 2.75) is 53.5 Å². The summed E-state index contributed by atoms with van der Waals surface area (Å²) in [6.45, 7) is 20.4. The Hall–Kier alpha value is -2.11. The number of nitrogens with zero attached hydrogens (tertiary/aromatic N) is 2. The Balaban J connectivity index is 1.63. The molecule has 0 N–H and O–H groups in total. The van der Waals surface area contributed by atoms with Crippen molar-refractivity contribution in [1.29, 1.82) is 0 Å². The molecule has 1 saturated heterocycles. The van der Waals surface area contributed by atoms with E-state index in [2.05, 4.69) is 86.0 Å². The molecule has 148 valence electrons. The summed E-state index contributed by atoms with van der Waals surface area (Å²) in [6.07, 6.45) is 3.33. The van der Waals surface area contributed by atoms with Crippen LogP contribution in [0.25, 0.3) is 16.0 Å². The van der Waals surface area contributed by atoms with Crippen molar-refractivity contribution in [3.05, 3.63) is 71.1 Å². The maximum atomic E-state index is 7.40. The SMILES string of the molecule is [C-]#[N+]CC1(C(C)(C)C)CCN(Cc2ccc(-c3cccc(CC)c3)cc2)CC1. The standard InChI is InChI=1S/C26H34N2/c1-6-21-8-7-9-24(18-21)23-12-10-22(11-13-23)19-28-16-14-26(15-17-28,20-27-5)25(2,3)4/h7-13,18H,6,14-17,19-20H2,1-4H3. The lowest BCUT2D eigenvalue weighted by molar-refractivity contribution is 0.0173. The molecule has 28 heavy (non-hydrogen) atoms. The van der Waals surface area contributed by atoms with Crippen molar-refractivity contribution in [3.63, 3.8) is 0 Å². The Labute approximate surface area is 171 Å². The molecule has 0 bridgehead atoms. The van der Waals surface area contributed by atoms with Gasteiger partial charge in [-0.25, -0.2) is 6.57 Å². The van der Waals surface area contributed by atoms with Crippen LogP contribution in [0.15, 0.2) is 48.5 Å². The summed E-state index contributed by atoms with van der Waals surface area (Å²) in [7, 11) is 0. The first kappa shape index (κ1) is 20.6. The molecule has 0 radical (unpaired) electrons. The molecule has 1 fully saturated rings. The van der Waals surface area contributed by atoms with Gasteiger partial charge in [0.1, 0.15) is 0 Å². The second kappa shape index (κ2) is 8.50. The van der Waals surface area contributed by atoms with Gasteiger partial charge in [-0.05, 0) is 60.0 Å². The Morgan fingerprint density at radius 3 is 2.21 bits per heavy atom. The minimum Gasteiger partial charge on any atom is -0.316 e. The summed E-state index contributed by atoms with van der Waals surface area (Å²) in [5.41, 5.74) is 5.72. The lowest BCUT2D eigenvalue weighted by Crippen LogP contribution is -2.47. The first-order valence-electron chi connectivity index (χ1n) is 10.6. The number of hydrogen-bond acceptors (Lipinski definition) is 1. The third-order valence-corrected chi connectivity index (χ3v) is 6.81. The van der Waals surface area contributed by atoms with Crippen molar-refractivity contribution in [2.75, 3.05) is 19.6 Å². The van der Waals surface area contributed by atoms with Gasteiger partial charge < -0.3 is 4.85 Å². The van der Waals surface area contributed by atoms with E-state index >= 15 is 0 Å². The Morgan fingerprint density at radius 2 is 1.64 bits per heavy atom. The van der Waals surface area contributed by atoms with Gasteiger partial charge in [0, 0.05) is 12.0 Å². The second-order valence-corrected chi connectivity index (χ2v) is 9.37. The minimum absolute atomic E-state index is 0.166. The van der Waals surface area contributed by atoms with Crippen molar-refractivity contribution in [2.24, 2.45) is 10.8 Å². The number of aryl methyl sites for hydroxylation is 1. The molecule has 1 heterocycles. The molecule has 0 amide bonds. The monoisotopic (exact) mass is 374 g/mol. The second-order valence-electron chi connectivity index (χ2n) is 9.37. The lowest BCUT2D eigenvalue weighted by Gasteiger charge is -2.46. The number of rotatable bonds is 5. The van der Waals surface area contributed by atoms with Crippen molar-refractivity contribution in [3.8, 4) is 11.1 Å². The van der Waals surface area contributed by atoms with E-state index in [4.69, 9.17) is 6.57 Å². The molecule has 3 rings (SSSR count). The van der Waals surface area contributed by atoms with E-state index in [1.807, 2.05) is 0 Å². The fraction of sp³-hybridized carbons (Fsp3) is 0.500. The maximum absolute atomic E-state index is 7.40. The smallest absolute Gasteiger partial charge is 0.220 e. The van der Waals surface area contributed by atoms with Crippen molar-refractivity contribution < 1.29 is 0 Å². The van der Waals surface area contributed by atoms with Crippen LogP contribution < -0.4 is 0 Å². The van der Waals surface area contributed by atoms with E-state index in [1.165, 1.54) is 22.3 Å². The zero-order valence-corrected chi connectivity index (χ0v) is 18.0. The van der Waals surface area contributed by atoms with Crippen LogP contribution in [0.2, 0.25) is 0 Å². The van der Waals surface area contributed by atoms with Crippen molar-refractivity contribution >= 4 is 0 Å². The van der Waals surface area contributed by atoms with Gasteiger partial charge in [0.05, 0.1) is 0 Å². The molecular weight excluding hydrogens is 340 g/mol. The molecule has 0 atom stereocenters. The van der Waals surface area contributed by atoms with E-state index in [-0.39, 0.29) is 10.8 Å². The lowest BCUT2D eigenvalue weighted by atomic mass is 9.61. The number of likely N-dealkylation sites (tertiary alicyclic amines) is 1. The summed E-state index contributed by atoms with van der Waals surface area (Å²) in [5, 5.41) is 0. The predicted octanol–water partition coefficient (Wildman–Crippen LogP) is 6.46. The third kappa shape index (κ3) is 4.47. The molecule has 0 aliphatic carbocycles. The minimum atomic E-state index is 0.166. The summed E-state index contributed by atoms with van der Waals surface area (Å²) >= 11 is 0. The molecule has 0 spiro atoms. The van der Waals surface area contributed by atoms with Gasteiger partial charge >= 0.3 is 0 Å². The van der Waals surface area contributed by atoms with E-state index in [1.54, 1.807) is 0 Å². The summed E-state index contributed by atoms with van der Waals surface area (Å²) in [6, 6.07) is 17.9. The average molecular weight is 375 g/mol. The van der Waals surface area contributed by atoms with Crippen LogP contribution in [0, 0.1) is 17.4 Å². The number of benzene rings is 2. The molecule has 0 aromatic heterocycles. The molecule has 0 unspecified atom stereocenters. The van der Waals surface area contributed by atoms with E-state index < -0.39 is 0 Å². The van der Waals surface area contributed by atoms with Gasteiger partial charge in [-0.3, -0.25) is 4.90 Å². The third-order valence-electron chi connectivity index (χ3n) is 6.81. The number of piperidine rings is 1. The fourth-order valence-corrected chi connectivity index (χ4v) is 4.47. The molecule has 2 aromatic rings. The van der Waals surface area contributed by atoms with Crippen LogP contribution in [0.5, 0.6) is 0 Å². The molecule has 2 aromatic carbocycles. The maximum Gasteiger partial charge on any atom is 0.220 e. The van der Waals surface area contributed by atoms with Crippen molar-refractivity contribution in [1.82, 2.24) is 4.90 Å². The Bertz CT molecular complexity index is 813. The van der Waals surface area contributed by atoms with Gasteiger partial charge in [-0.2, -0.15) is 0 Å². The van der Waals surface area contributed by atoms with Crippen LogP contribution in [0.3, 0.4) is 0 Å². The Morgan fingerprint density at radius 1 is 0.964 bits per heavy atom. The molecular formula is C26H34N2. The van der Waals surface area contributed by atoms with Gasteiger partial charge in [0.25, 0.3) is 0 Å². The largest absolute Gasteiger partial charge is 0.316 e. The van der Waals surface area contributed by atoms with Gasteiger partial charge in [0.15, 0.2) is 0 Å². The highest BCUT2D eigenvalue weighted by molar-refractivity contribution is 5.64. The summed E-state index contributed by atoms with van der Waals surface area (Å²) in [5.74, 6) is 0. The van der Waals surface area contributed by atoms with Crippen LogP contribution >= 0.6 is 0 Å². The van der Waals surface area contributed by atoms with Crippen LogP contribution in [-0.2, 0) is 13.0 Å². The van der Waals surface area contributed by atoms with E-state index in [0.29, 0.717) is 6.54 Å². The first-order chi connectivity index (χ1) is 13.4. The molecule has 1 aliphatic heterocycles. The zero-order valence-electron chi connectivity index (χ0n) is 18.0. The van der Waals surface area contributed by atoms with Gasteiger partial charge in [0.2, 0.25) is 6.54 Å². The zero-order chi connectivity index (χ0) is 20.2. The quantitative estimate of drug-likeness (QED) is 0.545.